The first-order valence-electron chi connectivity index (χ1n) is 0.352. The van der Waals surface area contributed by atoms with Gasteiger partial charge < -0.3 is 0 Å². The Morgan fingerprint density at radius 1 is 1.40 bits per heavy atom. The summed E-state index contributed by atoms with van der Waals surface area (Å²) in [5.74, 6) is 0. The summed E-state index contributed by atoms with van der Waals surface area (Å²) in [5, 5.41) is 0. The molecule has 0 N–H and O–H groups in total. The topological polar surface area (TPSA) is 17.1 Å². The van der Waals surface area contributed by atoms with Crippen LogP contribution in [0.1, 0.15) is 0 Å². The van der Waals surface area contributed by atoms with Crippen LogP contribution >= 0.6 is 22.7 Å². The average molecular weight is 167 g/mol. The molecule has 34 valence electrons. The summed E-state index contributed by atoms with van der Waals surface area (Å²) in [7, 11) is -0.0208. The molecule has 0 atom stereocenters. The van der Waals surface area contributed by atoms with Crippen LogP contribution in [0.4, 0.5) is 9.41 Å². The van der Waals surface area contributed by atoms with Gasteiger partial charge in [0.25, 0.3) is 0 Å². The Kier molecular flexibility index (Phi) is 91.3. The smallest absolute Gasteiger partial charge is 0.235 e. The van der Waals surface area contributed by atoms with E-state index in [9.17, 15) is 0 Å². The van der Waals surface area contributed by atoms with Crippen molar-refractivity contribution in [2.45, 2.75) is 0 Å². The van der Waals surface area contributed by atoms with Gasteiger partial charge in [0.15, 0.2) is 0 Å². The Labute approximate surface area is 37.4 Å². The molecule has 0 amide bonds. The van der Waals surface area contributed by atoms with Crippen LogP contribution in [0.15, 0.2) is 0 Å². The molecular formula is H2BrF2OP. The molecule has 0 saturated heterocycles. The summed E-state index contributed by atoms with van der Waals surface area (Å²) >= 11 is 2.56. The summed E-state index contributed by atoms with van der Waals surface area (Å²) < 4.78 is 8.82. The van der Waals surface area contributed by atoms with Gasteiger partial charge in [-0.1, -0.05) is 0 Å². The summed E-state index contributed by atoms with van der Waals surface area (Å²) in [6, 6.07) is 0. The lowest BCUT2D eigenvalue weighted by atomic mass is 16.0. The second-order valence-corrected chi connectivity index (χ2v) is 1.08. The first-order chi connectivity index (χ1) is 1.41. The van der Waals surface area contributed by atoms with Crippen molar-refractivity contribution < 1.29 is 14.0 Å². The number of halogens is 3. The van der Waals surface area contributed by atoms with Crippen LogP contribution in [0, 0.1) is 0 Å². The molecule has 0 saturated carbocycles. The molecule has 0 radical (unpaired) electrons. The maximum Gasteiger partial charge on any atom is 0.235 e. The SMILES string of the molecule is F.F.O=PBr. The zero-order chi connectivity index (χ0) is 2.71. The van der Waals surface area contributed by atoms with Crippen molar-refractivity contribution in [1.29, 1.82) is 0 Å². The van der Waals surface area contributed by atoms with Gasteiger partial charge in [-0.05, 0) is 0 Å². The maximum atomic E-state index is 8.82. The molecule has 0 aromatic heterocycles. The first kappa shape index (κ1) is 18.0. The van der Waals surface area contributed by atoms with E-state index in [2.05, 4.69) is 15.5 Å². The Morgan fingerprint density at radius 2 is 1.40 bits per heavy atom. The summed E-state index contributed by atoms with van der Waals surface area (Å²) in [6.07, 6.45) is 0. The van der Waals surface area contributed by atoms with Gasteiger partial charge in [-0.3, -0.25) is 14.0 Å². The molecule has 0 bridgehead atoms. The van der Waals surface area contributed by atoms with Crippen molar-refractivity contribution in [2.75, 3.05) is 0 Å². The van der Waals surface area contributed by atoms with E-state index >= 15 is 0 Å². The van der Waals surface area contributed by atoms with Gasteiger partial charge in [0.1, 0.15) is 0 Å². The Hall–Kier alpha value is 0.440. The van der Waals surface area contributed by atoms with E-state index in [-0.39, 0.29) is 16.6 Å². The zero-order valence-corrected chi connectivity index (χ0v) is 4.53. The number of hydrogen-bond donors (Lipinski definition) is 0. The minimum Gasteiger partial charge on any atom is -0.269 e. The van der Waals surface area contributed by atoms with Crippen LogP contribution < -0.4 is 0 Å². The van der Waals surface area contributed by atoms with E-state index in [0.717, 1.165) is 0 Å². The van der Waals surface area contributed by atoms with E-state index in [4.69, 9.17) is 4.57 Å². The lowest BCUT2D eigenvalue weighted by Crippen LogP contribution is -0.681. The van der Waals surface area contributed by atoms with Gasteiger partial charge in [-0.25, -0.2) is 0 Å². The molecule has 0 heterocycles. The predicted octanol–water partition coefficient (Wildman–Crippen LogP) is 1.89. The van der Waals surface area contributed by atoms with Crippen molar-refractivity contribution in [3.63, 3.8) is 0 Å². The highest BCUT2D eigenvalue weighted by atomic mass is 79.9. The Morgan fingerprint density at radius 3 is 1.40 bits per heavy atom. The number of hydrogen-bond acceptors (Lipinski definition) is 1. The second kappa shape index (κ2) is 25.3. The van der Waals surface area contributed by atoms with Gasteiger partial charge in [-0.2, -0.15) is 0 Å². The average Bonchev–Trinajstić information content (AvgIpc) is 0.918. The molecule has 0 unspecified atom stereocenters. The largest absolute Gasteiger partial charge is 0.269 e. The van der Waals surface area contributed by atoms with Crippen molar-refractivity contribution in [2.24, 2.45) is 0 Å². The lowest BCUT2D eigenvalue weighted by Gasteiger charge is -1.16. The van der Waals surface area contributed by atoms with Crippen molar-refractivity contribution >= 4 is 22.7 Å². The van der Waals surface area contributed by atoms with Crippen LogP contribution in [0.5, 0.6) is 0 Å². The molecule has 0 rings (SSSR count). The highest BCUT2D eigenvalue weighted by Crippen LogP contribution is 1.98. The lowest BCUT2D eigenvalue weighted by molar-refractivity contribution is 0.606. The van der Waals surface area contributed by atoms with E-state index in [1.165, 1.54) is 0 Å². The van der Waals surface area contributed by atoms with Crippen LogP contribution in [0.3, 0.4) is 0 Å². The van der Waals surface area contributed by atoms with Crippen LogP contribution in [0.25, 0.3) is 0 Å². The molecule has 0 aromatic rings. The number of rotatable bonds is 0. The Balaban J connectivity index is -0.0000000200. The molecule has 0 aliphatic heterocycles. The van der Waals surface area contributed by atoms with Crippen molar-refractivity contribution in [1.82, 2.24) is 0 Å². The third kappa shape index (κ3) is 137. The molecule has 5 heavy (non-hydrogen) atoms. The molecule has 1 nitrogen and oxygen atoms in total. The standard InChI is InChI=1S/BrOP.2FH/c1-3-2;;/h;2*1H. The molecule has 0 spiro atoms. The molecule has 0 aliphatic carbocycles. The van der Waals surface area contributed by atoms with E-state index in [1.54, 1.807) is 0 Å². The van der Waals surface area contributed by atoms with Crippen LogP contribution in [-0.2, 0) is 4.57 Å². The zero-order valence-electron chi connectivity index (χ0n) is 2.05. The van der Waals surface area contributed by atoms with Gasteiger partial charge in [0.2, 0.25) is 7.16 Å². The third-order valence-corrected chi connectivity index (χ3v) is 0. The predicted molar refractivity (Wildman–Crippen MR) is 21.5 cm³/mol. The van der Waals surface area contributed by atoms with Gasteiger partial charge in [0, 0.05) is 15.5 Å². The fourth-order valence-electron chi connectivity index (χ4n) is 0. The summed E-state index contributed by atoms with van der Waals surface area (Å²) in [5.41, 5.74) is 0. The molecular weight excluding hydrogens is 165 g/mol. The quantitative estimate of drug-likeness (QED) is 0.503. The van der Waals surface area contributed by atoms with Gasteiger partial charge in [0.05, 0.1) is 0 Å². The minimum atomic E-state index is -0.0208. The fourth-order valence-corrected chi connectivity index (χ4v) is 0. The molecule has 0 fully saturated rings. The Bertz CT molecular complexity index is 17.1. The molecule has 5 heteroatoms. The van der Waals surface area contributed by atoms with Gasteiger partial charge in [-0.15, -0.1) is 0 Å². The van der Waals surface area contributed by atoms with Crippen LogP contribution in [-0.4, -0.2) is 0 Å². The van der Waals surface area contributed by atoms with Gasteiger partial charge >= 0.3 is 0 Å². The highest BCUT2D eigenvalue weighted by Gasteiger charge is 1.32. The van der Waals surface area contributed by atoms with E-state index in [0.29, 0.717) is 0 Å². The van der Waals surface area contributed by atoms with Crippen molar-refractivity contribution in [3.05, 3.63) is 0 Å². The first-order valence-corrected chi connectivity index (χ1v) is 3.18. The second-order valence-electron chi connectivity index (χ2n) is 0.0690. The van der Waals surface area contributed by atoms with E-state index < -0.39 is 0 Å². The van der Waals surface area contributed by atoms with Crippen LogP contribution in [0.2, 0.25) is 0 Å². The maximum absolute atomic E-state index is 8.82. The normalized spacial score (nSPS) is 4.20. The molecule has 0 aliphatic rings. The van der Waals surface area contributed by atoms with Crippen molar-refractivity contribution in [3.8, 4) is 0 Å². The third-order valence-electron chi connectivity index (χ3n) is 0. The highest BCUT2D eigenvalue weighted by molar-refractivity contribution is 9.35. The minimum absolute atomic E-state index is 0. The fraction of sp³-hybridized carbons (Fsp3) is 0. The van der Waals surface area contributed by atoms with E-state index in [1.807, 2.05) is 0 Å². The monoisotopic (exact) mass is 166 g/mol. The summed E-state index contributed by atoms with van der Waals surface area (Å²) in [4.78, 5) is 0. The summed E-state index contributed by atoms with van der Waals surface area (Å²) in [6.45, 7) is 0. The molecule has 0 aromatic carbocycles.